The van der Waals surface area contributed by atoms with Crippen molar-refractivity contribution in [2.75, 3.05) is 5.32 Å². The molecule has 0 saturated heterocycles. The average molecular weight is 464 g/mol. The summed E-state index contributed by atoms with van der Waals surface area (Å²) < 4.78 is 40.7. The fraction of sp³-hybridized carbons (Fsp3) is 0.105. The number of aromatic amines is 1. The maximum Gasteiger partial charge on any atom is 0.333 e. The van der Waals surface area contributed by atoms with Gasteiger partial charge in [-0.2, -0.15) is 19.0 Å². The zero-order chi connectivity index (χ0) is 20.7. The van der Waals surface area contributed by atoms with Crippen molar-refractivity contribution in [1.29, 1.82) is 0 Å². The lowest BCUT2D eigenvalue weighted by Gasteiger charge is -2.10. The van der Waals surface area contributed by atoms with E-state index in [2.05, 4.69) is 36.5 Å². The quantitative estimate of drug-likeness (QED) is 0.432. The predicted molar refractivity (Wildman–Crippen MR) is 105 cm³/mol. The number of hydrogen-bond acceptors (Lipinski definition) is 3. The van der Waals surface area contributed by atoms with Gasteiger partial charge in [0.2, 0.25) is 0 Å². The van der Waals surface area contributed by atoms with Crippen LogP contribution in [0.5, 0.6) is 0 Å². The molecule has 4 aromatic rings. The maximum absolute atomic E-state index is 14.4. The fourth-order valence-corrected chi connectivity index (χ4v) is 3.33. The SMILES string of the molecule is Cc1ccc(Br)c(F)c1C(=O)Nc1ccc2[nH]nc(-c3cnn(C(F)F)c3)c2c1. The molecular formula is C19H13BrF3N5O. The van der Waals surface area contributed by atoms with Gasteiger partial charge in [0.15, 0.2) is 0 Å². The number of alkyl halides is 2. The number of benzene rings is 2. The van der Waals surface area contributed by atoms with Crippen LogP contribution in [0.25, 0.3) is 22.2 Å². The molecule has 0 atom stereocenters. The molecule has 0 radical (unpaired) electrons. The van der Waals surface area contributed by atoms with E-state index in [-0.39, 0.29) is 10.0 Å². The third kappa shape index (κ3) is 3.51. The number of carbonyl (C=O) groups excluding carboxylic acids is 1. The Hall–Kier alpha value is -3.14. The van der Waals surface area contributed by atoms with Gasteiger partial charge in [-0.05, 0) is 52.7 Å². The zero-order valence-electron chi connectivity index (χ0n) is 14.9. The second kappa shape index (κ2) is 7.36. The number of nitrogens with one attached hydrogen (secondary N) is 2. The summed E-state index contributed by atoms with van der Waals surface area (Å²) in [6.45, 7) is -1.12. The van der Waals surface area contributed by atoms with Crippen LogP contribution in [-0.2, 0) is 0 Å². The second-order valence-corrected chi connectivity index (χ2v) is 7.18. The molecule has 1 amide bonds. The van der Waals surface area contributed by atoms with E-state index in [0.29, 0.717) is 38.1 Å². The van der Waals surface area contributed by atoms with Gasteiger partial charge in [-0.25, -0.2) is 9.07 Å². The van der Waals surface area contributed by atoms with Crippen LogP contribution >= 0.6 is 15.9 Å². The van der Waals surface area contributed by atoms with Crippen molar-refractivity contribution >= 4 is 38.4 Å². The average Bonchev–Trinajstić information content (AvgIpc) is 3.31. The van der Waals surface area contributed by atoms with E-state index in [1.807, 2.05) is 0 Å². The van der Waals surface area contributed by atoms with Gasteiger partial charge in [0, 0.05) is 22.8 Å². The number of nitrogens with zero attached hydrogens (tertiary/aromatic N) is 3. The van der Waals surface area contributed by atoms with E-state index in [1.165, 1.54) is 18.5 Å². The molecule has 0 saturated carbocycles. The molecule has 2 heterocycles. The normalized spacial score (nSPS) is 11.4. The van der Waals surface area contributed by atoms with Crippen molar-refractivity contribution < 1.29 is 18.0 Å². The third-order valence-electron chi connectivity index (χ3n) is 4.43. The van der Waals surface area contributed by atoms with Gasteiger partial charge in [0.1, 0.15) is 11.5 Å². The molecule has 0 aliphatic carbocycles. The lowest BCUT2D eigenvalue weighted by molar-refractivity contribution is 0.0566. The van der Waals surface area contributed by atoms with E-state index in [9.17, 15) is 18.0 Å². The Morgan fingerprint density at radius 3 is 2.79 bits per heavy atom. The summed E-state index contributed by atoms with van der Waals surface area (Å²) in [4.78, 5) is 12.6. The summed E-state index contributed by atoms with van der Waals surface area (Å²) in [7, 11) is 0. The van der Waals surface area contributed by atoms with Crippen molar-refractivity contribution in [3.8, 4) is 11.3 Å². The summed E-state index contributed by atoms with van der Waals surface area (Å²) >= 11 is 3.08. The minimum absolute atomic E-state index is 0.0647. The number of aryl methyl sites for hydroxylation is 1. The summed E-state index contributed by atoms with van der Waals surface area (Å²) in [5.74, 6) is -1.25. The largest absolute Gasteiger partial charge is 0.333 e. The number of rotatable bonds is 4. The third-order valence-corrected chi connectivity index (χ3v) is 5.04. The highest BCUT2D eigenvalue weighted by Gasteiger charge is 2.19. The van der Waals surface area contributed by atoms with Crippen LogP contribution in [0, 0.1) is 12.7 Å². The molecule has 0 spiro atoms. The first-order valence-corrected chi connectivity index (χ1v) is 9.21. The van der Waals surface area contributed by atoms with E-state index in [4.69, 9.17) is 0 Å². The number of hydrogen-bond donors (Lipinski definition) is 2. The van der Waals surface area contributed by atoms with Crippen molar-refractivity contribution in [2.24, 2.45) is 0 Å². The highest BCUT2D eigenvalue weighted by Crippen LogP contribution is 2.30. The van der Waals surface area contributed by atoms with Gasteiger partial charge in [-0.1, -0.05) is 6.07 Å². The van der Waals surface area contributed by atoms with E-state index in [1.54, 1.807) is 31.2 Å². The number of amides is 1. The summed E-state index contributed by atoms with van der Waals surface area (Å²) in [5.41, 5.74) is 2.29. The molecule has 4 rings (SSSR count). The first-order valence-electron chi connectivity index (χ1n) is 8.42. The Bertz CT molecular complexity index is 1230. The Morgan fingerprint density at radius 2 is 2.07 bits per heavy atom. The number of anilines is 1. The van der Waals surface area contributed by atoms with Crippen LogP contribution in [0.3, 0.4) is 0 Å². The van der Waals surface area contributed by atoms with Crippen LogP contribution in [0.4, 0.5) is 18.9 Å². The summed E-state index contributed by atoms with van der Waals surface area (Å²) in [5, 5.41) is 13.8. The van der Waals surface area contributed by atoms with Crippen molar-refractivity contribution in [3.63, 3.8) is 0 Å². The number of carbonyl (C=O) groups is 1. The molecule has 0 bridgehead atoms. The van der Waals surface area contributed by atoms with Crippen molar-refractivity contribution in [2.45, 2.75) is 13.5 Å². The maximum atomic E-state index is 14.4. The molecule has 2 N–H and O–H groups in total. The summed E-state index contributed by atoms with van der Waals surface area (Å²) in [6.07, 6.45) is 2.47. The molecule has 10 heteroatoms. The van der Waals surface area contributed by atoms with Gasteiger partial charge in [-0.3, -0.25) is 9.89 Å². The first-order chi connectivity index (χ1) is 13.8. The number of halogens is 4. The van der Waals surface area contributed by atoms with E-state index in [0.717, 1.165) is 0 Å². The van der Waals surface area contributed by atoms with Gasteiger partial charge < -0.3 is 5.32 Å². The van der Waals surface area contributed by atoms with Crippen molar-refractivity contribution in [3.05, 3.63) is 64.1 Å². The second-order valence-electron chi connectivity index (χ2n) is 6.33. The topological polar surface area (TPSA) is 75.6 Å². The molecule has 29 heavy (non-hydrogen) atoms. The Morgan fingerprint density at radius 1 is 1.28 bits per heavy atom. The molecule has 2 aromatic carbocycles. The van der Waals surface area contributed by atoms with E-state index < -0.39 is 18.3 Å². The van der Waals surface area contributed by atoms with Crippen LogP contribution in [0.15, 0.2) is 47.2 Å². The van der Waals surface area contributed by atoms with Crippen LogP contribution < -0.4 is 5.32 Å². The van der Waals surface area contributed by atoms with Crippen LogP contribution in [-0.4, -0.2) is 25.9 Å². The standard InChI is InChI=1S/C19H13BrF3N5O/c1-9-2-4-13(20)16(21)15(9)18(29)25-11-3-5-14-12(6-11)17(27-26-14)10-7-24-28(8-10)19(22)23/h2-8,19H,1H3,(H,25,29)(H,26,27). The lowest BCUT2D eigenvalue weighted by Crippen LogP contribution is -2.15. The van der Waals surface area contributed by atoms with Crippen LogP contribution in [0.2, 0.25) is 0 Å². The van der Waals surface area contributed by atoms with Crippen LogP contribution in [0.1, 0.15) is 22.5 Å². The molecule has 0 aliphatic heterocycles. The highest BCUT2D eigenvalue weighted by molar-refractivity contribution is 9.10. The molecule has 2 aromatic heterocycles. The minimum atomic E-state index is -2.76. The molecule has 0 unspecified atom stereocenters. The Labute approximate surface area is 170 Å². The summed E-state index contributed by atoms with van der Waals surface area (Å²) in [6, 6.07) is 8.13. The Balaban J connectivity index is 1.69. The van der Waals surface area contributed by atoms with Gasteiger partial charge >= 0.3 is 6.55 Å². The number of fused-ring (bicyclic) bond motifs is 1. The first kappa shape index (κ1) is 19.2. The molecule has 0 aliphatic rings. The molecule has 6 nitrogen and oxygen atoms in total. The zero-order valence-corrected chi connectivity index (χ0v) is 16.5. The Kier molecular flexibility index (Phi) is 4.87. The number of H-pyrrole nitrogens is 1. The van der Waals surface area contributed by atoms with Gasteiger partial charge in [0.25, 0.3) is 5.91 Å². The highest BCUT2D eigenvalue weighted by atomic mass is 79.9. The van der Waals surface area contributed by atoms with E-state index >= 15 is 0 Å². The lowest BCUT2D eigenvalue weighted by atomic mass is 10.1. The fourth-order valence-electron chi connectivity index (χ4n) is 3.00. The monoisotopic (exact) mass is 463 g/mol. The smallest absolute Gasteiger partial charge is 0.322 e. The predicted octanol–water partition coefficient (Wildman–Crippen LogP) is 5.28. The number of aromatic nitrogens is 4. The van der Waals surface area contributed by atoms with Gasteiger partial charge in [-0.15, -0.1) is 0 Å². The molecular weight excluding hydrogens is 451 g/mol. The molecule has 148 valence electrons. The minimum Gasteiger partial charge on any atom is -0.322 e. The van der Waals surface area contributed by atoms with Gasteiger partial charge in [0.05, 0.1) is 21.7 Å². The van der Waals surface area contributed by atoms with Crippen molar-refractivity contribution in [1.82, 2.24) is 20.0 Å². The molecule has 0 fully saturated rings.